The van der Waals surface area contributed by atoms with Crippen molar-refractivity contribution in [3.8, 4) is 0 Å². The molecule has 2 rings (SSSR count). The fraction of sp³-hybridized carbons (Fsp3) is 0.571. The van der Waals surface area contributed by atoms with Gasteiger partial charge in [0.05, 0.1) is 4.90 Å². The second kappa shape index (κ2) is 6.89. The maximum absolute atomic E-state index is 12.8. The van der Waals surface area contributed by atoms with Gasteiger partial charge in [-0.3, -0.25) is 0 Å². The van der Waals surface area contributed by atoms with Gasteiger partial charge in [0.1, 0.15) is 0 Å². The molecule has 1 aromatic rings. The molecule has 0 aliphatic carbocycles. The van der Waals surface area contributed by atoms with Crippen molar-refractivity contribution < 1.29 is 8.42 Å². The highest BCUT2D eigenvalue weighted by Crippen LogP contribution is 2.24. The molecule has 1 aromatic carbocycles. The van der Waals surface area contributed by atoms with Crippen LogP contribution in [0.2, 0.25) is 5.02 Å². The van der Waals surface area contributed by atoms with Crippen molar-refractivity contribution in [2.75, 3.05) is 19.6 Å². The molecule has 1 heterocycles. The molecule has 0 atom stereocenters. The van der Waals surface area contributed by atoms with Crippen LogP contribution in [-0.4, -0.2) is 38.4 Å². The molecule has 112 valence electrons. The van der Waals surface area contributed by atoms with Crippen LogP contribution in [0.5, 0.6) is 0 Å². The third-order valence-corrected chi connectivity index (χ3v) is 5.75. The number of rotatable bonds is 5. The first-order valence-corrected chi connectivity index (χ1v) is 8.85. The van der Waals surface area contributed by atoms with E-state index < -0.39 is 10.0 Å². The van der Waals surface area contributed by atoms with Gasteiger partial charge in [-0.2, -0.15) is 4.31 Å². The van der Waals surface area contributed by atoms with Crippen LogP contribution in [0.15, 0.2) is 29.2 Å². The average Bonchev–Trinajstić information content (AvgIpc) is 2.45. The zero-order valence-corrected chi connectivity index (χ0v) is 13.3. The molecule has 1 aliphatic heterocycles. The SMILES string of the molecule is CCCN(C1CCNCC1)S(=O)(=O)c1cccc(Cl)c1. The standard InChI is InChI=1S/C14H21ClN2O2S/c1-2-10-17(13-6-8-16-9-7-13)20(18,19)14-5-3-4-12(15)11-14/h3-5,11,13,16H,2,6-10H2,1H3. The second-order valence-corrected chi connectivity index (χ2v) is 7.38. The van der Waals surface area contributed by atoms with Crippen LogP contribution in [-0.2, 0) is 10.0 Å². The summed E-state index contributed by atoms with van der Waals surface area (Å²) in [6, 6.07) is 6.60. The molecule has 1 N–H and O–H groups in total. The largest absolute Gasteiger partial charge is 0.317 e. The molecule has 6 heteroatoms. The highest BCUT2D eigenvalue weighted by Gasteiger charge is 2.31. The number of piperidine rings is 1. The first-order valence-electron chi connectivity index (χ1n) is 7.04. The molecular weight excluding hydrogens is 296 g/mol. The first kappa shape index (κ1) is 15.8. The Bertz CT molecular complexity index is 542. The summed E-state index contributed by atoms with van der Waals surface area (Å²) in [6.07, 6.45) is 2.53. The van der Waals surface area contributed by atoms with Crippen molar-refractivity contribution in [1.29, 1.82) is 0 Å². The van der Waals surface area contributed by atoms with E-state index in [2.05, 4.69) is 5.32 Å². The van der Waals surface area contributed by atoms with Gasteiger partial charge in [0.2, 0.25) is 10.0 Å². The topological polar surface area (TPSA) is 49.4 Å². The summed E-state index contributed by atoms with van der Waals surface area (Å²) in [7, 11) is -3.46. The maximum atomic E-state index is 12.8. The van der Waals surface area contributed by atoms with Gasteiger partial charge in [-0.15, -0.1) is 0 Å². The molecule has 0 radical (unpaired) electrons. The van der Waals surface area contributed by atoms with Crippen LogP contribution in [0, 0.1) is 0 Å². The normalized spacial score (nSPS) is 17.6. The molecule has 4 nitrogen and oxygen atoms in total. The molecule has 0 bridgehead atoms. The summed E-state index contributed by atoms with van der Waals surface area (Å²) in [4.78, 5) is 0.289. The monoisotopic (exact) mass is 316 g/mol. The summed E-state index contributed by atoms with van der Waals surface area (Å²) >= 11 is 5.93. The molecule has 0 aromatic heterocycles. The Morgan fingerprint density at radius 2 is 2.05 bits per heavy atom. The third kappa shape index (κ3) is 3.52. The zero-order valence-electron chi connectivity index (χ0n) is 11.7. The second-order valence-electron chi connectivity index (χ2n) is 5.05. The minimum atomic E-state index is -3.46. The predicted molar refractivity (Wildman–Crippen MR) is 81.5 cm³/mol. The van der Waals surface area contributed by atoms with Gasteiger partial charge >= 0.3 is 0 Å². The van der Waals surface area contributed by atoms with Crippen molar-refractivity contribution in [1.82, 2.24) is 9.62 Å². The average molecular weight is 317 g/mol. The number of nitrogens with zero attached hydrogens (tertiary/aromatic N) is 1. The number of benzene rings is 1. The predicted octanol–water partition coefficient (Wildman–Crippen LogP) is 2.49. The highest BCUT2D eigenvalue weighted by atomic mass is 35.5. The van der Waals surface area contributed by atoms with Crippen molar-refractivity contribution in [3.05, 3.63) is 29.3 Å². The van der Waals surface area contributed by atoms with Crippen molar-refractivity contribution in [3.63, 3.8) is 0 Å². The van der Waals surface area contributed by atoms with Crippen LogP contribution < -0.4 is 5.32 Å². The van der Waals surface area contributed by atoms with E-state index in [1.807, 2.05) is 6.92 Å². The van der Waals surface area contributed by atoms with Crippen molar-refractivity contribution >= 4 is 21.6 Å². The Labute approximate surface area is 126 Å². The van der Waals surface area contributed by atoms with E-state index in [0.717, 1.165) is 32.4 Å². The number of sulfonamides is 1. The summed E-state index contributed by atoms with van der Waals surface area (Å²) in [6.45, 7) is 4.30. The lowest BCUT2D eigenvalue weighted by Crippen LogP contribution is -2.46. The highest BCUT2D eigenvalue weighted by molar-refractivity contribution is 7.89. The van der Waals surface area contributed by atoms with Gasteiger partial charge in [-0.25, -0.2) is 8.42 Å². The molecule has 0 saturated carbocycles. The number of nitrogens with one attached hydrogen (secondary N) is 1. The number of halogens is 1. The molecule has 0 spiro atoms. The third-order valence-electron chi connectivity index (χ3n) is 3.56. The summed E-state index contributed by atoms with van der Waals surface area (Å²) in [5.74, 6) is 0. The zero-order chi connectivity index (χ0) is 14.6. The molecule has 0 amide bonds. The van der Waals surface area contributed by atoms with E-state index in [0.29, 0.717) is 11.6 Å². The van der Waals surface area contributed by atoms with Crippen LogP contribution in [0.25, 0.3) is 0 Å². The van der Waals surface area contributed by atoms with Crippen molar-refractivity contribution in [2.45, 2.75) is 37.1 Å². The molecule has 1 saturated heterocycles. The minimum absolute atomic E-state index is 0.0835. The Morgan fingerprint density at radius 1 is 1.35 bits per heavy atom. The molecule has 1 fully saturated rings. The molecule has 0 unspecified atom stereocenters. The van der Waals surface area contributed by atoms with Gasteiger partial charge in [0.15, 0.2) is 0 Å². The van der Waals surface area contributed by atoms with E-state index in [-0.39, 0.29) is 10.9 Å². The van der Waals surface area contributed by atoms with Gasteiger partial charge in [-0.1, -0.05) is 24.6 Å². The van der Waals surface area contributed by atoms with E-state index in [4.69, 9.17) is 11.6 Å². The van der Waals surface area contributed by atoms with Gasteiger partial charge in [-0.05, 0) is 50.6 Å². The lowest BCUT2D eigenvalue weighted by molar-refractivity contribution is 0.262. The maximum Gasteiger partial charge on any atom is 0.243 e. The Balaban J connectivity index is 2.31. The summed E-state index contributed by atoms with van der Waals surface area (Å²) < 4.78 is 27.3. The molecule has 20 heavy (non-hydrogen) atoms. The van der Waals surface area contributed by atoms with Gasteiger partial charge in [0, 0.05) is 17.6 Å². The molecule has 1 aliphatic rings. The number of hydrogen-bond acceptors (Lipinski definition) is 3. The van der Waals surface area contributed by atoms with E-state index >= 15 is 0 Å². The van der Waals surface area contributed by atoms with Crippen LogP contribution in [0.4, 0.5) is 0 Å². The Morgan fingerprint density at radius 3 is 2.65 bits per heavy atom. The van der Waals surface area contributed by atoms with E-state index in [9.17, 15) is 8.42 Å². The smallest absolute Gasteiger partial charge is 0.243 e. The number of hydrogen-bond donors (Lipinski definition) is 1. The fourth-order valence-electron chi connectivity index (χ4n) is 2.58. The van der Waals surface area contributed by atoms with Crippen LogP contribution >= 0.6 is 11.6 Å². The van der Waals surface area contributed by atoms with Crippen LogP contribution in [0.1, 0.15) is 26.2 Å². The fourth-order valence-corrected chi connectivity index (χ4v) is 4.66. The van der Waals surface area contributed by atoms with Gasteiger partial charge in [0.25, 0.3) is 0 Å². The lowest BCUT2D eigenvalue weighted by Gasteiger charge is -2.33. The summed E-state index contributed by atoms with van der Waals surface area (Å²) in [5.41, 5.74) is 0. The minimum Gasteiger partial charge on any atom is -0.317 e. The lowest BCUT2D eigenvalue weighted by atomic mass is 10.1. The van der Waals surface area contributed by atoms with Gasteiger partial charge < -0.3 is 5.32 Å². The Hall–Kier alpha value is -0.620. The first-order chi connectivity index (χ1) is 9.55. The quantitative estimate of drug-likeness (QED) is 0.908. The van der Waals surface area contributed by atoms with E-state index in [1.165, 1.54) is 6.07 Å². The summed E-state index contributed by atoms with van der Waals surface area (Å²) in [5, 5.41) is 3.72. The van der Waals surface area contributed by atoms with E-state index in [1.54, 1.807) is 22.5 Å². The van der Waals surface area contributed by atoms with Crippen LogP contribution in [0.3, 0.4) is 0 Å². The molecular formula is C14H21ClN2O2S. The van der Waals surface area contributed by atoms with Crippen molar-refractivity contribution in [2.24, 2.45) is 0 Å². The Kier molecular flexibility index (Phi) is 5.43.